The Morgan fingerprint density at radius 2 is 1.85 bits per heavy atom. The first-order valence-electron chi connectivity index (χ1n) is 11.9. The van der Waals surface area contributed by atoms with E-state index in [4.69, 9.17) is 14.8 Å². The van der Waals surface area contributed by atoms with Gasteiger partial charge < -0.3 is 15.0 Å². The fraction of sp³-hybridized carbons (Fsp3) is 0.560. The topological polar surface area (TPSA) is 98.1 Å². The van der Waals surface area contributed by atoms with Gasteiger partial charge in [-0.15, -0.1) is 10.2 Å². The van der Waals surface area contributed by atoms with E-state index in [-0.39, 0.29) is 6.09 Å². The molecule has 2 aromatic heterocycles. The minimum absolute atomic E-state index is 0.358. The lowest BCUT2D eigenvalue weighted by atomic mass is 9.97. The molecule has 1 amide bonds. The van der Waals surface area contributed by atoms with Crippen molar-refractivity contribution in [2.75, 3.05) is 24.5 Å². The quantitative estimate of drug-likeness (QED) is 0.609. The average Bonchev–Trinajstić information content (AvgIpc) is 3.15. The zero-order valence-corrected chi connectivity index (χ0v) is 21.1. The van der Waals surface area contributed by atoms with Crippen LogP contribution in [0.25, 0.3) is 11.2 Å². The molecule has 1 saturated heterocycles. The van der Waals surface area contributed by atoms with E-state index in [9.17, 15) is 4.79 Å². The lowest BCUT2D eigenvalue weighted by Crippen LogP contribution is -2.40. The fourth-order valence-corrected chi connectivity index (χ4v) is 4.25. The number of carbonyl (C=O) groups excluding carboxylic acids is 1. The summed E-state index contributed by atoms with van der Waals surface area (Å²) in [7, 11) is 0. The Bertz CT molecular complexity index is 1170. The van der Waals surface area contributed by atoms with Crippen LogP contribution in [-0.2, 0) is 11.3 Å². The van der Waals surface area contributed by atoms with Crippen LogP contribution in [-0.4, -0.2) is 56.3 Å². The Balaban J connectivity index is 1.44. The number of ether oxygens (including phenoxy) is 1. The smallest absolute Gasteiger partial charge is 0.407 e. The van der Waals surface area contributed by atoms with E-state index < -0.39 is 5.60 Å². The molecule has 0 atom stereocenters. The molecule has 0 spiro atoms. The van der Waals surface area contributed by atoms with Crippen LogP contribution in [0.4, 0.5) is 10.6 Å². The molecule has 0 radical (unpaired) electrons. The van der Waals surface area contributed by atoms with Crippen LogP contribution in [0.2, 0.25) is 0 Å². The zero-order valence-electron chi connectivity index (χ0n) is 21.1. The van der Waals surface area contributed by atoms with E-state index in [1.807, 2.05) is 27.7 Å². The number of aryl methyl sites for hydroxylation is 3. The van der Waals surface area contributed by atoms with Crippen LogP contribution < -0.4 is 10.2 Å². The van der Waals surface area contributed by atoms with Gasteiger partial charge in [-0.3, -0.25) is 0 Å². The van der Waals surface area contributed by atoms with E-state index in [2.05, 4.69) is 52.3 Å². The monoisotopic (exact) mass is 465 g/mol. The number of hydrogen-bond acceptors (Lipinski definition) is 7. The second kappa shape index (κ2) is 9.56. The van der Waals surface area contributed by atoms with Crippen molar-refractivity contribution in [2.24, 2.45) is 5.92 Å². The summed E-state index contributed by atoms with van der Waals surface area (Å²) in [6, 6.07) is 6.42. The molecule has 0 unspecified atom stereocenters. The summed E-state index contributed by atoms with van der Waals surface area (Å²) in [6.45, 7) is 14.6. The molecular formula is C25H35N7O2. The maximum Gasteiger partial charge on any atom is 0.407 e. The summed E-state index contributed by atoms with van der Waals surface area (Å²) in [5, 5.41) is 12.3. The molecule has 9 heteroatoms. The molecule has 1 aliphatic rings. The Morgan fingerprint density at radius 3 is 2.56 bits per heavy atom. The summed E-state index contributed by atoms with van der Waals surface area (Å²) in [4.78, 5) is 25.2. The third kappa shape index (κ3) is 5.81. The molecule has 0 bridgehead atoms. The molecule has 1 fully saturated rings. The van der Waals surface area contributed by atoms with Crippen molar-refractivity contribution in [3.8, 4) is 0 Å². The van der Waals surface area contributed by atoms with Gasteiger partial charge in [-0.2, -0.15) is 4.80 Å². The number of aromatic nitrogens is 5. The first-order valence-corrected chi connectivity index (χ1v) is 11.9. The van der Waals surface area contributed by atoms with Gasteiger partial charge in [0.1, 0.15) is 11.4 Å². The number of nitrogens with one attached hydrogen (secondary N) is 1. The predicted molar refractivity (Wildman–Crippen MR) is 132 cm³/mol. The zero-order chi connectivity index (χ0) is 24.5. The van der Waals surface area contributed by atoms with Crippen LogP contribution in [0.1, 0.15) is 56.1 Å². The number of anilines is 1. The van der Waals surface area contributed by atoms with Crippen LogP contribution >= 0.6 is 0 Å². The molecule has 1 aliphatic heterocycles. The highest BCUT2D eigenvalue weighted by molar-refractivity contribution is 5.82. The highest BCUT2D eigenvalue weighted by Crippen LogP contribution is 2.26. The lowest BCUT2D eigenvalue weighted by molar-refractivity contribution is 0.0517. The van der Waals surface area contributed by atoms with E-state index in [0.717, 1.165) is 37.3 Å². The minimum Gasteiger partial charge on any atom is -0.444 e. The maximum absolute atomic E-state index is 12.0. The Kier molecular flexibility index (Phi) is 6.72. The summed E-state index contributed by atoms with van der Waals surface area (Å²) in [5.74, 6) is 1.94. The number of alkyl carbamates (subject to hydrolysis) is 1. The number of nitrogens with zero attached hydrogens (tertiary/aromatic N) is 6. The first-order chi connectivity index (χ1) is 16.1. The number of fused-ring (bicyclic) bond motifs is 1. The average molecular weight is 466 g/mol. The van der Waals surface area contributed by atoms with Crippen molar-refractivity contribution in [1.29, 1.82) is 0 Å². The number of rotatable bonds is 5. The van der Waals surface area contributed by atoms with E-state index in [1.165, 1.54) is 16.7 Å². The molecule has 34 heavy (non-hydrogen) atoms. The van der Waals surface area contributed by atoms with Gasteiger partial charge in [0.2, 0.25) is 5.65 Å². The van der Waals surface area contributed by atoms with Crippen molar-refractivity contribution in [3.05, 3.63) is 40.7 Å². The standard InChI is InChI=1S/C25H35N7O2/c1-16-7-8-17(2)20(13-16)15-32-29-21-22(30-32)27-18(3)28-23(21)31-11-9-19(10-12-31)14-26-24(33)34-25(4,5)6/h7-8,13,19H,9-12,14-15H2,1-6H3,(H,26,33). The molecule has 3 heterocycles. The third-order valence-corrected chi connectivity index (χ3v) is 6.05. The molecule has 9 nitrogen and oxygen atoms in total. The van der Waals surface area contributed by atoms with Crippen LogP contribution in [0.5, 0.6) is 0 Å². The first kappa shape index (κ1) is 23.9. The van der Waals surface area contributed by atoms with E-state index in [1.54, 1.807) is 4.80 Å². The van der Waals surface area contributed by atoms with Gasteiger partial charge in [0, 0.05) is 19.6 Å². The third-order valence-electron chi connectivity index (χ3n) is 6.05. The van der Waals surface area contributed by atoms with Crippen molar-refractivity contribution in [1.82, 2.24) is 30.3 Å². The highest BCUT2D eigenvalue weighted by atomic mass is 16.6. The van der Waals surface area contributed by atoms with Gasteiger partial charge in [-0.25, -0.2) is 14.8 Å². The Labute approximate surface area is 200 Å². The normalized spacial score (nSPS) is 15.1. The van der Waals surface area contributed by atoms with Crippen LogP contribution in [0.15, 0.2) is 18.2 Å². The lowest BCUT2D eigenvalue weighted by Gasteiger charge is -2.33. The second-order valence-electron chi connectivity index (χ2n) is 10.2. The van der Waals surface area contributed by atoms with Crippen LogP contribution in [0, 0.1) is 26.7 Å². The van der Waals surface area contributed by atoms with Crippen molar-refractivity contribution in [3.63, 3.8) is 0 Å². The molecule has 0 saturated carbocycles. The summed E-state index contributed by atoms with van der Waals surface area (Å²) in [5.41, 5.74) is 4.51. The van der Waals surface area contributed by atoms with Crippen molar-refractivity contribution < 1.29 is 9.53 Å². The molecule has 0 aliphatic carbocycles. The molecule has 3 aromatic rings. The maximum atomic E-state index is 12.0. The van der Waals surface area contributed by atoms with Crippen molar-refractivity contribution >= 4 is 23.1 Å². The number of amides is 1. The number of benzene rings is 1. The van der Waals surface area contributed by atoms with E-state index >= 15 is 0 Å². The number of carbonyl (C=O) groups is 1. The highest BCUT2D eigenvalue weighted by Gasteiger charge is 2.25. The van der Waals surface area contributed by atoms with Gasteiger partial charge in [-0.05, 0) is 71.4 Å². The number of hydrogen-bond donors (Lipinski definition) is 1. The minimum atomic E-state index is -0.487. The Morgan fingerprint density at radius 1 is 1.12 bits per heavy atom. The molecule has 182 valence electrons. The Hall–Kier alpha value is -3.23. The van der Waals surface area contributed by atoms with E-state index in [0.29, 0.717) is 30.5 Å². The molecule has 1 aromatic carbocycles. The molecule has 1 N–H and O–H groups in total. The molecule has 4 rings (SSSR count). The van der Waals surface area contributed by atoms with Gasteiger partial charge in [0.05, 0.1) is 6.54 Å². The molecular weight excluding hydrogens is 430 g/mol. The van der Waals surface area contributed by atoms with Gasteiger partial charge in [0.25, 0.3) is 0 Å². The van der Waals surface area contributed by atoms with Gasteiger partial charge in [0.15, 0.2) is 11.3 Å². The van der Waals surface area contributed by atoms with Gasteiger partial charge >= 0.3 is 6.09 Å². The van der Waals surface area contributed by atoms with Crippen molar-refractivity contribution in [2.45, 2.75) is 66.5 Å². The largest absolute Gasteiger partial charge is 0.444 e. The van der Waals surface area contributed by atoms with Crippen LogP contribution in [0.3, 0.4) is 0 Å². The summed E-state index contributed by atoms with van der Waals surface area (Å²) < 4.78 is 5.34. The predicted octanol–water partition coefficient (Wildman–Crippen LogP) is 3.94. The second-order valence-corrected chi connectivity index (χ2v) is 10.2. The summed E-state index contributed by atoms with van der Waals surface area (Å²) in [6.07, 6.45) is 1.55. The SMILES string of the molecule is Cc1ccc(C)c(Cn2nc3nc(C)nc(N4CCC(CNC(=O)OC(C)(C)C)CC4)c3n2)c1. The van der Waals surface area contributed by atoms with Gasteiger partial charge in [-0.1, -0.05) is 23.8 Å². The number of piperidine rings is 1. The fourth-order valence-electron chi connectivity index (χ4n) is 4.25. The summed E-state index contributed by atoms with van der Waals surface area (Å²) >= 11 is 0.